The average molecular weight is 434 g/mol. The van der Waals surface area contributed by atoms with E-state index in [1.807, 2.05) is 0 Å². The fourth-order valence-corrected chi connectivity index (χ4v) is 2.75. The zero-order valence-corrected chi connectivity index (χ0v) is 17.8. The first-order valence-corrected chi connectivity index (χ1v) is 9.55. The predicted molar refractivity (Wildman–Crippen MR) is 119 cm³/mol. The van der Waals surface area contributed by atoms with Crippen LogP contribution in [-0.4, -0.2) is 39.4 Å². The third-order valence-electron chi connectivity index (χ3n) is 4.42. The molecular weight excluding hydrogens is 412 g/mol. The van der Waals surface area contributed by atoms with Crippen LogP contribution in [-0.2, 0) is 0 Å². The van der Waals surface area contributed by atoms with Crippen LogP contribution in [0.25, 0.3) is 0 Å². The Balaban J connectivity index is 1.58. The molecule has 0 heterocycles. The first-order valence-electron chi connectivity index (χ1n) is 9.55. The van der Waals surface area contributed by atoms with Gasteiger partial charge in [-0.05, 0) is 66.2 Å². The number of hydrogen-bond acceptors (Lipinski definition) is 7. The van der Waals surface area contributed by atoms with Gasteiger partial charge in [-0.25, -0.2) is 10.2 Å². The van der Waals surface area contributed by atoms with E-state index in [1.165, 1.54) is 27.5 Å². The molecule has 0 fully saturated rings. The predicted octanol–water partition coefficient (Wildman–Crippen LogP) is 3.70. The summed E-state index contributed by atoms with van der Waals surface area (Å²) < 4.78 is 20.9. The van der Waals surface area contributed by atoms with Gasteiger partial charge < -0.3 is 18.9 Å². The van der Waals surface area contributed by atoms with Crippen LogP contribution < -0.4 is 24.4 Å². The van der Waals surface area contributed by atoms with Crippen molar-refractivity contribution in [3.05, 3.63) is 83.4 Å². The standard InChI is InChI=1S/C24H22N2O6/c1-29-20-6-4-5-17(13-20)23(27)26-25-15-16-7-10-19(11-8-16)32-24(28)18-9-12-21(30-2)22(14-18)31-3/h4-15H,1-3H3,(H,26,27)/b25-15+. The van der Waals surface area contributed by atoms with Gasteiger partial charge in [0, 0.05) is 5.56 Å². The number of esters is 1. The van der Waals surface area contributed by atoms with Crippen LogP contribution >= 0.6 is 0 Å². The van der Waals surface area contributed by atoms with Crippen LogP contribution in [0, 0.1) is 0 Å². The van der Waals surface area contributed by atoms with Crippen LogP contribution in [0.4, 0.5) is 0 Å². The summed E-state index contributed by atoms with van der Waals surface area (Å²) in [6.45, 7) is 0. The smallest absolute Gasteiger partial charge is 0.343 e. The number of hydrazone groups is 1. The summed E-state index contributed by atoms with van der Waals surface area (Å²) in [5.41, 5.74) is 3.92. The molecule has 0 aromatic heterocycles. The van der Waals surface area contributed by atoms with Crippen LogP contribution in [0.1, 0.15) is 26.3 Å². The summed E-state index contributed by atoms with van der Waals surface area (Å²) >= 11 is 0. The highest BCUT2D eigenvalue weighted by atomic mass is 16.5. The Hall–Kier alpha value is -4.33. The van der Waals surface area contributed by atoms with Gasteiger partial charge in [0.25, 0.3) is 5.91 Å². The molecule has 0 bridgehead atoms. The van der Waals surface area contributed by atoms with Gasteiger partial charge in [0.2, 0.25) is 0 Å². The highest BCUT2D eigenvalue weighted by molar-refractivity contribution is 5.95. The molecule has 0 saturated carbocycles. The zero-order chi connectivity index (χ0) is 22.9. The van der Waals surface area contributed by atoms with Gasteiger partial charge in [0.1, 0.15) is 11.5 Å². The van der Waals surface area contributed by atoms with E-state index in [9.17, 15) is 9.59 Å². The molecule has 1 N–H and O–H groups in total. The second kappa shape index (κ2) is 10.6. The minimum Gasteiger partial charge on any atom is -0.497 e. The summed E-state index contributed by atoms with van der Waals surface area (Å²) in [6.07, 6.45) is 1.48. The van der Waals surface area contributed by atoms with Crippen LogP contribution in [0.3, 0.4) is 0 Å². The molecule has 0 radical (unpaired) electrons. The number of amides is 1. The Labute approximate surface area is 185 Å². The van der Waals surface area contributed by atoms with E-state index in [-0.39, 0.29) is 5.91 Å². The van der Waals surface area contributed by atoms with Gasteiger partial charge in [-0.3, -0.25) is 4.79 Å². The molecule has 0 unspecified atom stereocenters. The average Bonchev–Trinajstić information content (AvgIpc) is 2.84. The minimum atomic E-state index is -0.530. The summed E-state index contributed by atoms with van der Waals surface area (Å²) in [7, 11) is 4.54. The van der Waals surface area contributed by atoms with E-state index in [4.69, 9.17) is 18.9 Å². The second-order valence-corrected chi connectivity index (χ2v) is 6.46. The Morgan fingerprint density at radius 3 is 2.22 bits per heavy atom. The van der Waals surface area contributed by atoms with Gasteiger partial charge in [-0.2, -0.15) is 5.10 Å². The first-order chi connectivity index (χ1) is 15.5. The number of methoxy groups -OCH3 is 3. The monoisotopic (exact) mass is 434 g/mol. The number of carbonyl (C=O) groups excluding carboxylic acids is 2. The van der Waals surface area contributed by atoms with Crippen LogP contribution in [0.15, 0.2) is 71.8 Å². The van der Waals surface area contributed by atoms with E-state index in [1.54, 1.807) is 66.7 Å². The van der Waals surface area contributed by atoms with Gasteiger partial charge >= 0.3 is 5.97 Å². The van der Waals surface area contributed by atoms with Crippen molar-refractivity contribution < 1.29 is 28.5 Å². The van der Waals surface area contributed by atoms with Crippen molar-refractivity contribution in [3.63, 3.8) is 0 Å². The molecule has 0 saturated heterocycles. The maximum absolute atomic E-state index is 12.4. The third-order valence-corrected chi connectivity index (χ3v) is 4.42. The van der Waals surface area contributed by atoms with E-state index in [0.717, 1.165) is 0 Å². The quantitative estimate of drug-likeness (QED) is 0.251. The SMILES string of the molecule is COc1cccc(C(=O)N/N=C/c2ccc(OC(=O)c3ccc(OC)c(OC)c3)cc2)c1. The van der Waals surface area contributed by atoms with Gasteiger partial charge in [0.15, 0.2) is 11.5 Å². The largest absolute Gasteiger partial charge is 0.497 e. The van der Waals surface area contributed by atoms with Crippen molar-refractivity contribution in [1.82, 2.24) is 5.43 Å². The van der Waals surface area contributed by atoms with Crippen molar-refractivity contribution >= 4 is 18.1 Å². The van der Waals surface area contributed by atoms with Crippen molar-refractivity contribution in [2.45, 2.75) is 0 Å². The number of nitrogens with one attached hydrogen (secondary N) is 1. The molecule has 1 amide bonds. The Bertz CT molecular complexity index is 1130. The van der Waals surface area contributed by atoms with Crippen molar-refractivity contribution in [1.29, 1.82) is 0 Å². The number of benzene rings is 3. The number of hydrogen-bond donors (Lipinski definition) is 1. The van der Waals surface area contributed by atoms with E-state index < -0.39 is 5.97 Å². The lowest BCUT2D eigenvalue weighted by Gasteiger charge is -2.09. The molecule has 0 aliphatic heterocycles. The minimum absolute atomic E-state index is 0.327. The van der Waals surface area contributed by atoms with Crippen LogP contribution in [0.5, 0.6) is 23.0 Å². The summed E-state index contributed by atoms with van der Waals surface area (Å²) in [5.74, 6) is 1.01. The van der Waals surface area contributed by atoms with E-state index in [0.29, 0.717) is 39.7 Å². The van der Waals surface area contributed by atoms with Gasteiger partial charge in [-0.1, -0.05) is 6.07 Å². The van der Waals surface area contributed by atoms with Crippen molar-refractivity contribution in [3.8, 4) is 23.0 Å². The lowest BCUT2D eigenvalue weighted by molar-refractivity contribution is 0.0734. The number of rotatable bonds is 8. The Morgan fingerprint density at radius 2 is 1.53 bits per heavy atom. The van der Waals surface area contributed by atoms with E-state index >= 15 is 0 Å². The molecule has 0 atom stereocenters. The second-order valence-electron chi connectivity index (χ2n) is 6.46. The molecule has 8 nitrogen and oxygen atoms in total. The van der Waals surface area contributed by atoms with Crippen LogP contribution in [0.2, 0.25) is 0 Å². The molecule has 3 aromatic carbocycles. The lowest BCUT2D eigenvalue weighted by atomic mass is 10.2. The number of nitrogens with zero attached hydrogens (tertiary/aromatic N) is 1. The fraction of sp³-hybridized carbons (Fsp3) is 0.125. The maximum Gasteiger partial charge on any atom is 0.343 e. The zero-order valence-electron chi connectivity index (χ0n) is 17.8. The lowest BCUT2D eigenvalue weighted by Crippen LogP contribution is -2.17. The maximum atomic E-state index is 12.4. The number of ether oxygens (including phenoxy) is 4. The summed E-state index contributed by atoms with van der Waals surface area (Å²) in [4.78, 5) is 24.5. The van der Waals surface area contributed by atoms with Gasteiger partial charge in [0.05, 0.1) is 33.1 Å². The fourth-order valence-electron chi connectivity index (χ4n) is 2.75. The third kappa shape index (κ3) is 5.63. The van der Waals surface area contributed by atoms with E-state index in [2.05, 4.69) is 10.5 Å². The molecule has 32 heavy (non-hydrogen) atoms. The van der Waals surface area contributed by atoms with Crippen molar-refractivity contribution in [2.75, 3.05) is 21.3 Å². The summed E-state index contributed by atoms with van der Waals surface area (Å²) in [5, 5.41) is 3.95. The topological polar surface area (TPSA) is 95.5 Å². The molecule has 164 valence electrons. The molecule has 3 rings (SSSR count). The molecule has 3 aromatic rings. The normalized spacial score (nSPS) is 10.5. The van der Waals surface area contributed by atoms with Crippen molar-refractivity contribution in [2.24, 2.45) is 5.10 Å². The molecule has 0 aliphatic rings. The highest BCUT2D eigenvalue weighted by Gasteiger charge is 2.13. The Kier molecular flexibility index (Phi) is 7.42. The molecule has 8 heteroatoms. The summed E-state index contributed by atoms with van der Waals surface area (Å²) in [6, 6.07) is 18.2. The number of carbonyl (C=O) groups is 2. The first kappa shape index (κ1) is 22.4. The highest BCUT2D eigenvalue weighted by Crippen LogP contribution is 2.28. The molecule has 0 spiro atoms. The molecular formula is C24H22N2O6. The Morgan fingerprint density at radius 1 is 0.781 bits per heavy atom. The van der Waals surface area contributed by atoms with Gasteiger partial charge in [-0.15, -0.1) is 0 Å². The molecule has 0 aliphatic carbocycles.